The van der Waals surface area contributed by atoms with Gasteiger partial charge in [0.1, 0.15) is 37.1 Å². The highest BCUT2D eigenvalue weighted by atomic mass is 16.5. The van der Waals surface area contributed by atoms with Crippen molar-refractivity contribution in [1.82, 2.24) is 24.5 Å². The van der Waals surface area contributed by atoms with Crippen LogP contribution in [0.25, 0.3) is 0 Å². The third kappa shape index (κ3) is 14.9. The second-order valence-electron chi connectivity index (χ2n) is 15.8. The molecule has 3 amide bonds. The van der Waals surface area contributed by atoms with Gasteiger partial charge in [-0.05, 0) is 37.5 Å². The Morgan fingerprint density at radius 3 is 1.02 bits per heavy atom. The largest absolute Gasteiger partial charge is 0.492 e. The number of rotatable bonds is 9. The van der Waals surface area contributed by atoms with E-state index in [1.165, 1.54) is 0 Å². The van der Waals surface area contributed by atoms with Crippen LogP contribution in [0.3, 0.4) is 0 Å². The number of hydrogen-bond acceptors (Lipinski definition) is 8. The molecule has 0 N–H and O–H groups in total. The van der Waals surface area contributed by atoms with Crippen LogP contribution in [0.2, 0.25) is 0 Å². The standard InChI is InChI=1S/C48H69N5O6/c1-4-7-22-46(54)51-28-25-49-26-29-52(47(55)23-8-5-2)38-41-17-11-14-20-44(41)58-35-32-50(31-34-57-43-19-13-10-16-40(43)37-51)33-36-59-45-21-15-12-18-42(45)39-53(30-27-49)48(56)24-9-6-3/h10-21H,4-9,22-39H2,1-3H3. The molecule has 0 unspecified atom stereocenters. The van der Waals surface area contributed by atoms with E-state index in [2.05, 4.69) is 48.8 Å². The Labute approximate surface area is 353 Å². The van der Waals surface area contributed by atoms with E-state index in [0.29, 0.717) is 118 Å². The van der Waals surface area contributed by atoms with Crippen molar-refractivity contribution in [1.29, 1.82) is 0 Å². The van der Waals surface area contributed by atoms with Crippen molar-refractivity contribution in [3.8, 4) is 17.2 Å². The highest BCUT2D eigenvalue weighted by molar-refractivity contribution is 5.77. The van der Waals surface area contributed by atoms with Crippen molar-refractivity contribution >= 4 is 17.7 Å². The fourth-order valence-electron chi connectivity index (χ4n) is 7.59. The Bertz CT molecular complexity index is 1540. The van der Waals surface area contributed by atoms with Crippen LogP contribution in [0.4, 0.5) is 0 Å². The number of amides is 3. The van der Waals surface area contributed by atoms with Gasteiger partial charge in [-0.25, -0.2) is 0 Å². The molecule has 59 heavy (non-hydrogen) atoms. The molecule has 322 valence electrons. The molecule has 6 rings (SSSR count). The van der Waals surface area contributed by atoms with Gasteiger partial charge in [-0.3, -0.25) is 24.2 Å². The van der Waals surface area contributed by atoms with E-state index in [1.807, 2.05) is 69.3 Å². The second kappa shape index (κ2) is 25.1. The van der Waals surface area contributed by atoms with Crippen LogP contribution in [0.1, 0.15) is 95.2 Å². The van der Waals surface area contributed by atoms with E-state index in [4.69, 9.17) is 14.2 Å². The Kier molecular flexibility index (Phi) is 19.4. The number of benzene rings is 3. The summed E-state index contributed by atoms with van der Waals surface area (Å²) in [5.41, 5.74) is 2.92. The van der Waals surface area contributed by atoms with Crippen molar-refractivity contribution in [3.05, 3.63) is 89.5 Å². The van der Waals surface area contributed by atoms with Crippen LogP contribution in [-0.4, -0.2) is 121 Å². The summed E-state index contributed by atoms with van der Waals surface area (Å²) >= 11 is 0. The summed E-state index contributed by atoms with van der Waals surface area (Å²) in [7, 11) is 0. The van der Waals surface area contributed by atoms with E-state index in [0.717, 1.165) is 72.5 Å². The van der Waals surface area contributed by atoms with Gasteiger partial charge in [0.15, 0.2) is 0 Å². The maximum atomic E-state index is 13.9. The zero-order chi connectivity index (χ0) is 41.7. The number of carbonyl (C=O) groups excluding carboxylic acids is 3. The van der Waals surface area contributed by atoms with Gasteiger partial charge in [0.05, 0.1) is 0 Å². The van der Waals surface area contributed by atoms with Gasteiger partial charge in [0, 0.05) is 114 Å². The molecule has 0 atom stereocenters. The van der Waals surface area contributed by atoms with E-state index in [-0.39, 0.29) is 17.7 Å². The average Bonchev–Trinajstić information content (AvgIpc) is 3.25. The van der Waals surface area contributed by atoms with Crippen molar-refractivity contribution < 1.29 is 28.6 Å². The molecule has 3 heterocycles. The van der Waals surface area contributed by atoms with E-state index in [9.17, 15) is 14.4 Å². The molecule has 11 heteroatoms. The van der Waals surface area contributed by atoms with Crippen LogP contribution in [0, 0.1) is 0 Å². The Balaban J connectivity index is 1.57. The van der Waals surface area contributed by atoms with Crippen molar-refractivity contribution in [2.75, 3.05) is 78.7 Å². The predicted molar refractivity (Wildman–Crippen MR) is 234 cm³/mol. The third-order valence-corrected chi connectivity index (χ3v) is 11.3. The number of para-hydroxylation sites is 3. The quantitative estimate of drug-likeness (QED) is 0.221. The van der Waals surface area contributed by atoms with E-state index in [1.54, 1.807) is 0 Å². The van der Waals surface area contributed by atoms with Gasteiger partial charge in [0.25, 0.3) is 0 Å². The van der Waals surface area contributed by atoms with Crippen molar-refractivity contribution in [2.24, 2.45) is 0 Å². The summed E-state index contributed by atoms with van der Waals surface area (Å²) in [6.45, 7) is 14.2. The van der Waals surface area contributed by atoms with Crippen LogP contribution in [0.15, 0.2) is 72.8 Å². The molecule has 0 radical (unpaired) electrons. The van der Waals surface area contributed by atoms with Crippen LogP contribution in [-0.2, 0) is 34.0 Å². The molecule has 3 aliphatic rings. The Morgan fingerprint density at radius 1 is 0.424 bits per heavy atom. The summed E-state index contributed by atoms with van der Waals surface area (Å²) in [6, 6.07) is 24.1. The first-order chi connectivity index (χ1) is 28.9. The SMILES string of the molecule is CCCCC(=O)N1CCN2CCN(C(=O)CCCC)Cc3ccccc3OCCN(CCOc3ccccc3C1)CCOc1ccccc1CN(C(=O)CCCC)CC2. The summed E-state index contributed by atoms with van der Waals surface area (Å²) in [5.74, 6) is 2.70. The number of hydrogen-bond donors (Lipinski definition) is 0. The lowest BCUT2D eigenvalue weighted by molar-refractivity contribution is -0.132. The van der Waals surface area contributed by atoms with Gasteiger partial charge >= 0.3 is 0 Å². The van der Waals surface area contributed by atoms with E-state index < -0.39 is 0 Å². The lowest BCUT2D eigenvalue weighted by Gasteiger charge is -2.33. The fourth-order valence-corrected chi connectivity index (χ4v) is 7.59. The molecule has 0 saturated carbocycles. The molecule has 0 saturated heterocycles. The molecular formula is C48H69N5O6. The minimum absolute atomic E-state index is 0.123. The molecule has 11 nitrogen and oxygen atoms in total. The van der Waals surface area contributed by atoms with Crippen molar-refractivity contribution in [2.45, 2.75) is 98.2 Å². The molecule has 0 aromatic heterocycles. The van der Waals surface area contributed by atoms with Gasteiger partial charge in [-0.1, -0.05) is 94.6 Å². The minimum Gasteiger partial charge on any atom is -0.492 e. The number of fused-ring (bicyclic) bond motifs is 15. The van der Waals surface area contributed by atoms with Crippen molar-refractivity contribution in [3.63, 3.8) is 0 Å². The minimum atomic E-state index is 0.123. The number of unbranched alkanes of at least 4 members (excludes halogenated alkanes) is 3. The monoisotopic (exact) mass is 812 g/mol. The maximum absolute atomic E-state index is 13.9. The van der Waals surface area contributed by atoms with Gasteiger partial charge in [-0.2, -0.15) is 0 Å². The first kappa shape index (κ1) is 45.5. The molecular weight excluding hydrogens is 743 g/mol. The molecule has 0 fully saturated rings. The summed E-state index contributed by atoms with van der Waals surface area (Å²) in [5, 5.41) is 0. The number of nitrogens with zero attached hydrogens (tertiary/aromatic N) is 5. The van der Waals surface area contributed by atoms with Crippen LogP contribution in [0.5, 0.6) is 17.2 Å². The lowest BCUT2D eigenvalue weighted by atomic mass is 10.1. The summed E-state index contributed by atoms with van der Waals surface area (Å²) in [4.78, 5) is 52.4. The first-order valence-corrected chi connectivity index (χ1v) is 22.3. The van der Waals surface area contributed by atoms with Crippen LogP contribution < -0.4 is 14.2 Å². The van der Waals surface area contributed by atoms with Gasteiger partial charge in [-0.15, -0.1) is 0 Å². The molecule has 0 aliphatic carbocycles. The zero-order valence-corrected chi connectivity index (χ0v) is 36.1. The maximum Gasteiger partial charge on any atom is 0.222 e. The molecule has 3 aromatic rings. The van der Waals surface area contributed by atoms with Crippen LogP contribution >= 0.6 is 0 Å². The first-order valence-electron chi connectivity index (χ1n) is 22.3. The molecule has 3 aromatic carbocycles. The molecule has 3 aliphatic heterocycles. The molecule has 0 spiro atoms. The highest BCUT2D eigenvalue weighted by Gasteiger charge is 2.23. The number of ether oxygens (including phenoxy) is 3. The predicted octanol–water partition coefficient (Wildman–Crippen LogP) is 7.41. The fraction of sp³-hybridized carbons (Fsp3) is 0.562. The number of carbonyl (C=O) groups is 3. The Hall–Kier alpha value is -4.61. The molecule has 2 bridgehead atoms. The Morgan fingerprint density at radius 2 is 0.712 bits per heavy atom. The highest BCUT2D eigenvalue weighted by Crippen LogP contribution is 2.24. The summed E-state index contributed by atoms with van der Waals surface area (Å²) < 4.78 is 19.5. The summed E-state index contributed by atoms with van der Waals surface area (Å²) in [6.07, 6.45) is 6.74. The van der Waals surface area contributed by atoms with E-state index >= 15 is 0 Å². The van der Waals surface area contributed by atoms with Gasteiger partial charge in [0.2, 0.25) is 17.7 Å². The second-order valence-corrected chi connectivity index (χ2v) is 15.8. The zero-order valence-electron chi connectivity index (χ0n) is 36.1. The topological polar surface area (TPSA) is 95.1 Å². The normalized spacial score (nSPS) is 18.9. The smallest absolute Gasteiger partial charge is 0.222 e. The average molecular weight is 812 g/mol. The lowest BCUT2D eigenvalue weighted by Crippen LogP contribution is -2.45. The third-order valence-electron chi connectivity index (χ3n) is 11.3. The van der Waals surface area contributed by atoms with Gasteiger partial charge < -0.3 is 28.9 Å².